The molecule has 0 fully saturated rings. The molecule has 0 spiro atoms. The summed E-state index contributed by atoms with van der Waals surface area (Å²) in [5, 5.41) is 0. The SMILES string of the molecule is CCCCCC[c-]1cccc1.[Cl-].[Cl-].[Cl-].[Ti+4]. The van der Waals surface area contributed by atoms with E-state index in [1.54, 1.807) is 0 Å². The van der Waals surface area contributed by atoms with Crippen LogP contribution in [0.1, 0.15) is 38.2 Å². The van der Waals surface area contributed by atoms with Gasteiger partial charge in [0.25, 0.3) is 0 Å². The van der Waals surface area contributed by atoms with Gasteiger partial charge in [0, 0.05) is 0 Å². The molecule has 0 amide bonds. The van der Waals surface area contributed by atoms with E-state index in [0.717, 1.165) is 0 Å². The second-order valence-electron chi connectivity index (χ2n) is 3.10. The van der Waals surface area contributed by atoms with Crippen LogP contribution in [-0.2, 0) is 28.1 Å². The first-order chi connectivity index (χ1) is 5.43. The molecule has 0 radical (unpaired) electrons. The molecule has 0 aromatic heterocycles. The Hall–Kier alpha value is 0.934. The van der Waals surface area contributed by atoms with Crippen molar-refractivity contribution in [1.82, 2.24) is 0 Å². The number of unbranched alkanes of at least 4 members (excludes halogenated alkanes) is 3. The van der Waals surface area contributed by atoms with E-state index < -0.39 is 0 Å². The quantitative estimate of drug-likeness (QED) is 0.289. The number of aryl methyl sites for hydroxylation is 1. The molecule has 4 heteroatoms. The monoisotopic (exact) mass is 302 g/mol. The van der Waals surface area contributed by atoms with E-state index in [0.29, 0.717) is 0 Å². The fraction of sp³-hybridized carbons (Fsp3) is 0.545. The van der Waals surface area contributed by atoms with Crippen LogP contribution >= 0.6 is 0 Å². The molecular formula is C11H17Cl3Ti. The van der Waals surface area contributed by atoms with Gasteiger partial charge < -0.3 is 37.2 Å². The molecule has 0 aliphatic heterocycles. The van der Waals surface area contributed by atoms with Crippen molar-refractivity contribution < 1.29 is 58.9 Å². The van der Waals surface area contributed by atoms with Crippen LogP contribution in [0.15, 0.2) is 24.3 Å². The van der Waals surface area contributed by atoms with Crippen molar-refractivity contribution in [2.75, 3.05) is 0 Å². The maximum atomic E-state index is 2.25. The van der Waals surface area contributed by atoms with Crippen LogP contribution in [0.25, 0.3) is 0 Å². The van der Waals surface area contributed by atoms with Crippen molar-refractivity contribution in [3.05, 3.63) is 29.8 Å². The van der Waals surface area contributed by atoms with Gasteiger partial charge in [0.15, 0.2) is 0 Å². The van der Waals surface area contributed by atoms with Gasteiger partial charge in [-0.15, -0.1) is 0 Å². The van der Waals surface area contributed by atoms with E-state index >= 15 is 0 Å². The van der Waals surface area contributed by atoms with Gasteiger partial charge in [-0.05, 0) is 0 Å². The van der Waals surface area contributed by atoms with Gasteiger partial charge in [0.2, 0.25) is 0 Å². The van der Waals surface area contributed by atoms with E-state index in [-0.39, 0.29) is 58.9 Å². The summed E-state index contributed by atoms with van der Waals surface area (Å²) in [6, 6.07) is 8.67. The van der Waals surface area contributed by atoms with Gasteiger partial charge in [-0.1, -0.05) is 39.0 Å². The predicted octanol–water partition coefficient (Wildman–Crippen LogP) is -5.46. The Morgan fingerprint density at radius 3 is 1.87 bits per heavy atom. The second kappa shape index (κ2) is 17.3. The van der Waals surface area contributed by atoms with Crippen molar-refractivity contribution in [2.45, 2.75) is 39.0 Å². The normalized spacial score (nSPS) is 7.53. The predicted molar refractivity (Wildman–Crippen MR) is 49.9 cm³/mol. The molecule has 0 nitrogen and oxygen atoms in total. The fourth-order valence-corrected chi connectivity index (χ4v) is 1.34. The molecule has 0 saturated carbocycles. The molecule has 15 heavy (non-hydrogen) atoms. The van der Waals surface area contributed by atoms with E-state index in [4.69, 9.17) is 0 Å². The Morgan fingerprint density at radius 2 is 1.40 bits per heavy atom. The third kappa shape index (κ3) is 12.9. The largest absolute Gasteiger partial charge is 4.00 e. The third-order valence-electron chi connectivity index (χ3n) is 2.05. The molecule has 0 N–H and O–H groups in total. The molecule has 0 unspecified atom stereocenters. The van der Waals surface area contributed by atoms with E-state index in [9.17, 15) is 0 Å². The number of rotatable bonds is 5. The van der Waals surface area contributed by atoms with Crippen LogP contribution in [0.4, 0.5) is 0 Å². The minimum absolute atomic E-state index is 0. The molecule has 0 aliphatic carbocycles. The Balaban J connectivity index is -0.000000151. The van der Waals surface area contributed by atoms with Crippen molar-refractivity contribution in [3.8, 4) is 0 Å². The zero-order chi connectivity index (χ0) is 7.94. The van der Waals surface area contributed by atoms with Crippen LogP contribution < -0.4 is 37.2 Å². The Labute approximate surface area is 127 Å². The molecule has 1 aromatic rings. The van der Waals surface area contributed by atoms with Crippen molar-refractivity contribution in [1.29, 1.82) is 0 Å². The molecule has 0 atom stereocenters. The van der Waals surface area contributed by atoms with Crippen molar-refractivity contribution in [2.24, 2.45) is 0 Å². The van der Waals surface area contributed by atoms with Crippen LogP contribution in [-0.4, -0.2) is 0 Å². The van der Waals surface area contributed by atoms with Crippen molar-refractivity contribution >= 4 is 0 Å². The first kappa shape index (κ1) is 25.0. The molecule has 0 heterocycles. The Bertz CT molecular complexity index is 176. The average Bonchev–Trinajstić information content (AvgIpc) is 2.50. The molecule has 1 aromatic carbocycles. The molecule has 86 valence electrons. The van der Waals surface area contributed by atoms with Crippen LogP contribution in [0.5, 0.6) is 0 Å². The standard InChI is InChI=1S/C11H17.3ClH.Ti/c1-2-3-4-5-8-11-9-6-7-10-11;;;;/h6-7,9-10H,2-5,8H2,1H3;3*1H;/q-1;;;;+4/p-3. The summed E-state index contributed by atoms with van der Waals surface area (Å²) < 4.78 is 0. The molecule has 0 saturated heterocycles. The summed E-state index contributed by atoms with van der Waals surface area (Å²) in [6.45, 7) is 2.25. The van der Waals surface area contributed by atoms with E-state index in [2.05, 4.69) is 31.2 Å². The van der Waals surface area contributed by atoms with Gasteiger partial charge in [-0.3, -0.25) is 0 Å². The Kier molecular flexibility index (Phi) is 28.8. The van der Waals surface area contributed by atoms with Crippen LogP contribution in [0.3, 0.4) is 0 Å². The van der Waals surface area contributed by atoms with Gasteiger partial charge in [0.1, 0.15) is 0 Å². The van der Waals surface area contributed by atoms with Gasteiger partial charge in [-0.2, -0.15) is 17.7 Å². The van der Waals surface area contributed by atoms with Gasteiger partial charge in [-0.25, -0.2) is 12.1 Å². The van der Waals surface area contributed by atoms with Gasteiger partial charge >= 0.3 is 21.7 Å². The molecule has 0 aliphatic rings. The first-order valence-electron chi connectivity index (χ1n) is 4.64. The van der Waals surface area contributed by atoms with E-state index in [1.165, 1.54) is 37.7 Å². The summed E-state index contributed by atoms with van der Waals surface area (Å²) in [5.74, 6) is 0. The van der Waals surface area contributed by atoms with Crippen molar-refractivity contribution in [3.63, 3.8) is 0 Å². The van der Waals surface area contributed by atoms with E-state index in [1.807, 2.05) is 0 Å². The average molecular weight is 303 g/mol. The number of hydrogen-bond donors (Lipinski definition) is 0. The maximum absolute atomic E-state index is 2.25. The zero-order valence-electron chi connectivity index (χ0n) is 8.98. The fourth-order valence-electron chi connectivity index (χ4n) is 1.34. The summed E-state index contributed by atoms with van der Waals surface area (Å²) in [6.07, 6.45) is 6.74. The number of hydrogen-bond acceptors (Lipinski definition) is 0. The Morgan fingerprint density at radius 1 is 0.867 bits per heavy atom. The maximum Gasteiger partial charge on any atom is 4.00 e. The smallest absolute Gasteiger partial charge is 1.00 e. The summed E-state index contributed by atoms with van der Waals surface area (Å²) in [4.78, 5) is 0. The van der Waals surface area contributed by atoms with Crippen LogP contribution in [0.2, 0.25) is 0 Å². The second-order valence-corrected chi connectivity index (χ2v) is 3.10. The van der Waals surface area contributed by atoms with Gasteiger partial charge in [0.05, 0.1) is 0 Å². The zero-order valence-corrected chi connectivity index (χ0v) is 12.8. The number of halogens is 3. The molecule has 0 bridgehead atoms. The minimum Gasteiger partial charge on any atom is -1.00 e. The first-order valence-corrected chi connectivity index (χ1v) is 4.64. The summed E-state index contributed by atoms with van der Waals surface area (Å²) >= 11 is 0. The molecule has 1 rings (SSSR count). The molecular weight excluding hydrogens is 286 g/mol. The summed E-state index contributed by atoms with van der Waals surface area (Å²) in [7, 11) is 0. The van der Waals surface area contributed by atoms with Crippen LogP contribution in [0, 0.1) is 0 Å². The third-order valence-corrected chi connectivity index (χ3v) is 2.05. The minimum atomic E-state index is 0. The summed E-state index contributed by atoms with van der Waals surface area (Å²) in [5.41, 5.74) is 1.50. The topological polar surface area (TPSA) is 0 Å².